The first-order valence-corrected chi connectivity index (χ1v) is 8.68. The molecule has 1 unspecified atom stereocenters. The molecule has 4 nitrogen and oxygen atoms in total. The summed E-state index contributed by atoms with van der Waals surface area (Å²) in [5.74, 6) is 0. The molecule has 1 aliphatic heterocycles. The van der Waals surface area contributed by atoms with E-state index in [1.807, 2.05) is 6.20 Å². The number of hydrogen-bond acceptors (Lipinski definition) is 5. The van der Waals surface area contributed by atoms with E-state index in [1.54, 1.807) is 11.3 Å². The Balaban J connectivity index is 2.10. The van der Waals surface area contributed by atoms with Gasteiger partial charge in [0.05, 0.1) is 11.2 Å². The van der Waals surface area contributed by atoms with Crippen LogP contribution in [0.1, 0.15) is 58.9 Å². The Bertz CT molecular complexity index is 454. The summed E-state index contributed by atoms with van der Waals surface area (Å²) in [6.45, 7) is 15.8. The highest BCUT2D eigenvalue weighted by molar-refractivity contribution is 7.15. The lowest BCUT2D eigenvalue weighted by molar-refractivity contribution is -0.133. The van der Waals surface area contributed by atoms with Gasteiger partial charge in [-0.2, -0.15) is 0 Å². The molecule has 2 heterocycles. The van der Waals surface area contributed by atoms with E-state index in [0.717, 1.165) is 31.2 Å². The number of rotatable bonds is 5. The maximum Gasteiger partial charge on any atom is 0.185 e. The molecule has 0 saturated carbocycles. The van der Waals surface area contributed by atoms with E-state index in [1.165, 1.54) is 4.88 Å². The van der Waals surface area contributed by atoms with Gasteiger partial charge in [0.1, 0.15) is 0 Å². The smallest absolute Gasteiger partial charge is 0.185 e. The molecular weight excluding hydrogens is 282 g/mol. The second kappa shape index (κ2) is 6.23. The average Bonchev–Trinajstić information content (AvgIpc) is 2.81. The summed E-state index contributed by atoms with van der Waals surface area (Å²) >= 11 is 1.80. The molecular formula is C16H29N3OS. The highest BCUT2D eigenvalue weighted by atomic mass is 32.1. The van der Waals surface area contributed by atoms with Crippen molar-refractivity contribution in [2.75, 3.05) is 24.5 Å². The van der Waals surface area contributed by atoms with E-state index in [-0.39, 0.29) is 11.2 Å². The highest BCUT2D eigenvalue weighted by Gasteiger charge is 2.39. The predicted octanol–water partition coefficient (Wildman–Crippen LogP) is 3.60. The Labute approximate surface area is 132 Å². The van der Waals surface area contributed by atoms with Crippen molar-refractivity contribution in [2.45, 2.75) is 65.2 Å². The summed E-state index contributed by atoms with van der Waals surface area (Å²) < 4.78 is 6.14. The zero-order chi connectivity index (χ0) is 15.7. The third-order valence-electron chi connectivity index (χ3n) is 3.61. The zero-order valence-corrected chi connectivity index (χ0v) is 15.0. The second-order valence-electron chi connectivity index (χ2n) is 7.20. The normalized spacial score (nSPS) is 22.3. The Morgan fingerprint density at radius 3 is 2.52 bits per heavy atom. The average molecular weight is 311 g/mol. The number of nitrogens with one attached hydrogen (secondary N) is 1. The van der Waals surface area contributed by atoms with Crippen LogP contribution in [0, 0.1) is 0 Å². The molecule has 120 valence electrons. The van der Waals surface area contributed by atoms with Crippen LogP contribution in [0.25, 0.3) is 0 Å². The Morgan fingerprint density at radius 1 is 1.33 bits per heavy atom. The maximum atomic E-state index is 6.14. The number of ether oxygens (including phenoxy) is 1. The van der Waals surface area contributed by atoms with E-state index < -0.39 is 0 Å². The number of aromatic nitrogens is 1. The molecule has 1 fully saturated rings. The first-order valence-electron chi connectivity index (χ1n) is 7.87. The number of thiazole rings is 1. The van der Waals surface area contributed by atoms with Crippen molar-refractivity contribution < 1.29 is 4.74 Å². The van der Waals surface area contributed by atoms with Gasteiger partial charge in [0.2, 0.25) is 0 Å². The van der Waals surface area contributed by atoms with Crippen LogP contribution in [0.5, 0.6) is 0 Å². The Morgan fingerprint density at radius 2 is 1.95 bits per heavy atom. The number of anilines is 1. The third kappa shape index (κ3) is 4.41. The van der Waals surface area contributed by atoms with Gasteiger partial charge in [-0.25, -0.2) is 4.98 Å². The molecule has 1 aliphatic rings. The fourth-order valence-electron chi connectivity index (χ4n) is 3.01. The van der Waals surface area contributed by atoms with Gasteiger partial charge in [0.15, 0.2) is 5.13 Å². The minimum atomic E-state index is -0.139. The van der Waals surface area contributed by atoms with Crippen LogP contribution in [-0.2, 0) is 4.74 Å². The molecule has 0 radical (unpaired) electrons. The molecule has 1 saturated heterocycles. The van der Waals surface area contributed by atoms with Gasteiger partial charge >= 0.3 is 0 Å². The maximum absolute atomic E-state index is 6.14. The molecule has 1 aromatic heterocycles. The molecule has 1 aromatic rings. The van der Waals surface area contributed by atoms with Crippen molar-refractivity contribution in [3.63, 3.8) is 0 Å². The minimum absolute atomic E-state index is 0.139. The first-order chi connectivity index (χ1) is 9.72. The van der Waals surface area contributed by atoms with Crippen molar-refractivity contribution in [3.05, 3.63) is 11.1 Å². The summed E-state index contributed by atoms with van der Waals surface area (Å²) in [5, 5.41) is 4.64. The van der Waals surface area contributed by atoms with Gasteiger partial charge in [-0.1, -0.05) is 6.92 Å². The summed E-state index contributed by atoms with van der Waals surface area (Å²) in [6.07, 6.45) is 3.17. The topological polar surface area (TPSA) is 37.4 Å². The quantitative estimate of drug-likeness (QED) is 0.901. The van der Waals surface area contributed by atoms with E-state index in [2.05, 4.69) is 56.7 Å². The van der Waals surface area contributed by atoms with Crippen molar-refractivity contribution in [3.8, 4) is 0 Å². The molecule has 0 spiro atoms. The van der Waals surface area contributed by atoms with Gasteiger partial charge in [0.25, 0.3) is 0 Å². The highest BCUT2D eigenvalue weighted by Crippen LogP contribution is 2.34. The summed E-state index contributed by atoms with van der Waals surface area (Å²) in [6, 6.07) is 0.373. The van der Waals surface area contributed by atoms with Gasteiger partial charge in [-0.05, 0) is 47.6 Å². The molecule has 0 amide bonds. The number of nitrogens with zero attached hydrogens (tertiary/aromatic N) is 2. The van der Waals surface area contributed by atoms with E-state index >= 15 is 0 Å². The SMILES string of the molecule is CCCNC(C)c1cnc(N2CC(C)(C)OC(C)(C)C2)s1. The lowest BCUT2D eigenvalue weighted by Crippen LogP contribution is -2.57. The number of hydrogen-bond donors (Lipinski definition) is 1. The molecule has 1 atom stereocenters. The van der Waals surface area contributed by atoms with Crippen molar-refractivity contribution in [2.24, 2.45) is 0 Å². The van der Waals surface area contributed by atoms with Gasteiger partial charge in [0, 0.05) is 30.2 Å². The van der Waals surface area contributed by atoms with Crippen LogP contribution < -0.4 is 10.2 Å². The zero-order valence-electron chi connectivity index (χ0n) is 14.2. The van der Waals surface area contributed by atoms with Crippen molar-refractivity contribution in [1.82, 2.24) is 10.3 Å². The summed E-state index contributed by atoms with van der Waals surface area (Å²) in [4.78, 5) is 8.32. The van der Waals surface area contributed by atoms with Gasteiger partial charge in [-0.3, -0.25) is 0 Å². The fraction of sp³-hybridized carbons (Fsp3) is 0.812. The van der Waals surface area contributed by atoms with Crippen LogP contribution in [0.15, 0.2) is 6.20 Å². The second-order valence-corrected chi connectivity index (χ2v) is 8.24. The van der Waals surface area contributed by atoms with Gasteiger partial charge in [-0.15, -0.1) is 11.3 Å². The third-order valence-corrected chi connectivity index (χ3v) is 4.85. The van der Waals surface area contributed by atoms with Crippen LogP contribution >= 0.6 is 11.3 Å². The standard InChI is InChI=1S/C16H29N3OS/c1-7-8-17-12(2)13-9-18-14(21-13)19-10-15(3,4)20-16(5,6)11-19/h9,12,17H,7-8,10-11H2,1-6H3. The molecule has 5 heteroatoms. The van der Waals surface area contributed by atoms with Crippen LogP contribution in [0.3, 0.4) is 0 Å². The van der Waals surface area contributed by atoms with E-state index in [4.69, 9.17) is 4.74 Å². The largest absolute Gasteiger partial charge is 0.366 e. The molecule has 1 N–H and O–H groups in total. The van der Waals surface area contributed by atoms with Crippen LogP contribution in [0.2, 0.25) is 0 Å². The van der Waals surface area contributed by atoms with Crippen LogP contribution in [0.4, 0.5) is 5.13 Å². The molecule has 0 aromatic carbocycles. The summed E-state index contributed by atoms with van der Waals surface area (Å²) in [5.41, 5.74) is -0.278. The molecule has 0 bridgehead atoms. The Kier molecular flexibility index (Phi) is 4.96. The molecule has 0 aliphatic carbocycles. The van der Waals surface area contributed by atoms with Gasteiger partial charge < -0.3 is 15.0 Å². The monoisotopic (exact) mass is 311 g/mol. The number of morpholine rings is 1. The van der Waals surface area contributed by atoms with Crippen molar-refractivity contribution >= 4 is 16.5 Å². The minimum Gasteiger partial charge on any atom is -0.366 e. The molecule has 21 heavy (non-hydrogen) atoms. The lowest BCUT2D eigenvalue weighted by Gasteiger charge is -2.47. The first kappa shape index (κ1) is 16.7. The Hall–Kier alpha value is -0.650. The summed E-state index contributed by atoms with van der Waals surface area (Å²) in [7, 11) is 0. The molecule has 2 rings (SSSR count). The predicted molar refractivity (Wildman–Crippen MR) is 90.3 cm³/mol. The van der Waals surface area contributed by atoms with E-state index in [0.29, 0.717) is 6.04 Å². The van der Waals surface area contributed by atoms with Crippen molar-refractivity contribution in [1.29, 1.82) is 0 Å². The lowest BCUT2D eigenvalue weighted by atomic mass is 9.99. The fourth-order valence-corrected chi connectivity index (χ4v) is 3.95. The van der Waals surface area contributed by atoms with Crippen LogP contribution in [-0.4, -0.2) is 35.8 Å². The van der Waals surface area contributed by atoms with E-state index in [9.17, 15) is 0 Å².